The second-order valence-electron chi connectivity index (χ2n) is 2.88. The molecule has 2 atom stereocenters. The highest BCUT2D eigenvalue weighted by atomic mass is 32.2. The van der Waals surface area contributed by atoms with Gasteiger partial charge in [-0.25, -0.2) is 4.31 Å². The molecule has 0 bridgehead atoms. The Balaban J connectivity index is 3.93. The molecule has 14 heavy (non-hydrogen) atoms. The Morgan fingerprint density at radius 3 is 2.57 bits per heavy atom. The van der Waals surface area contributed by atoms with E-state index in [0.717, 1.165) is 0 Å². The van der Waals surface area contributed by atoms with E-state index in [-0.39, 0.29) is 13.0 Å². The minimum atomic E-state index is -2.30. The molecule has 3 N–H and O–H groups in total. The molecule has 0 saturated carbocycles. The van der Waals surface area contributed by atoms with Gasteiger partial charge in [0.05, 0.1) is 0 Å². The van der Waals surface area contributed by atoms with Crippen LogP contribution in [-0.2, 0) is 16.1 Å². The van der Waals surface area contributed by atoms with Gasteiger partial charge >= 0.3 is 5.97 Å². The topological polar surface area (TPSA) is 107 Å². The van der Waals surface area contributed by atoms with Crippen LogP contribution < -0.4 is 5.73 Å². The van der Waals surface area contributed by atoms with E-state index in [1.807, 2.05) is 6.92 Å². The second-order valence-corrected chi connectivity index (χ2v) is 3.83. The Kier molecular flexibility index (Phi) is 6.64. The van der Waals surface area contributed by atoms with Crippen LogP contribution in [0.25, 0.3) is 0 Å². The lowest BCUT2D eigenvalue weighted by Crippen LogP contribution is -2.36. The summed E-state index contributed by atoms with van der Waals surface area (Å²) in [7, 11) is 0. The smallest absolute Gasteiger partial charge is 0.320 e. The highest BCUT2D eigenvalue weighted by molar-refractivity contribution is 7.76. The number of hydrogen-bond donors (Lipinski definition) is 2. The molecule has 0 heterocycles. The van der Waals surface area contributed by atoms with Crippen molar-refractivity contribution in [3.63, 3.8) is 0 Å². The van der Waals surface area contributed by atoms with Gasteiger partial charge in [-0.1, -0.05) is 6.92 Å². The molecule has 0 aromatic heterocycles. The molecular formula is C7H15N2O4S-. The van der Waals surface area contributed by atoms with Gasteiger partial charge in [-0.05, 0) is 12.8 Å². The number of carboxylic acid groups (broad SMARTS) is 1. The van der Waals surface area contributed by atoms with Gasteiger partial charge in [-0.3, -0.25) is 9.00 Å². The lowest BCUT2D eigenvalue weighted by Gasteiger charge is -2.24. The standard InChI is InChI=1S/C7H16N2O4S/c1-2-4-9(14(12)13)5-3-6(8)7(10)11/h6H,2-5,8H2,1H3,(H,10,11)(H,12,13)/p-1/t6-/m0/s1. The molecule has 0 aromatic carbocycles. The van der Waals surface area contributed by atoms with Crippen molar-refractivity contribution < 1.29 is 18.7 Å². The molecule has 0 aromatic rings. The van der Waals surface area contributed by atoms with E-state index < -0.39 is 23.3 Å². The van der Waals surface area contributed by atoms with Gasteiger partial charge in [0.1, 0.15) is 6.04 Å². The molecule has 1 unspecified atom stereocenters. The minimum absolute atomic E-state index is 0.128. The maximum atomic E-state index is 10.6. The van der Waals surface area contributed by atoms with Crippen LogP contribution in [0.5, 0.6) is 0 Å². The first kappa shape index (κ1) is 13.5. The highest BCUT2D eigenvalue weighted by Gasteiger charge is 2.13. The Labute approximate surface area is 85.5 Å². The summed E-state index contributed by atoms with van der Waals surface area (Å²) >= 11 is -2.30. The van der Waals surface area contributed by atoms with Gasteiger partial charge in [0, 0.05) is 24.4 Å². The molecule has 0 aliphatic heterocycles. The monoisotopic (exact) mass is 223 g/mol. The van der Waals surface area contributed by atoms with Crippen LogP contribution in [0.4, 0.5) is 0 Å². The van der Waals surface area contributed by atoms with E-state index in [1.165, 1.54) is 4.31 Å². The lowest BCUT2D eigenvalue weighted by molar-refractivity contribution is -0.138. The molecule has 0 saturated heterocycles. The summed E-state index contributed by atoms with van der Waals surface area (Å²) < 4.78 is 22.4. The second kappa shape index (κ2) is 6.88. The van der Waals surface area contributed by atoms with Gasteiger partial charge in [-0.15, -0.1) is 0 Å². The summed E-state index contributed by atoms with van der Waals surface area (Å²) in [6.07, 6.45) is 0.819. The van der Waals surface area contributed by atoms with Crippen LogP contribution >= 0.6 is 0 Å². The molecule has 0 aliphatic rings. The van der Waals surface area contributed by atoms with Crippen LogP contribution in [0.1, 0.15) is 19.8 Å². The summed E-state index contributed by atoms with van der Waals surface area (Å²) in [4.78, 5) is 10.3. The quantitative estimate of drug-likeness (QED) is 0.555. The van der Waals surface area contributed by atoms with Crippen molar-refractivity contribution in [2.24, 2.45) is 5.73 Å². The number of rotatable bonds is 7. The van der Waals surface area contributed by atoms with Crippen molar-refractivity contribution >= 4 is 17.2 Å². The van der Waals surface area contributed by atoms with Crippen molar-refractivity contribution in [1.82, 2.24) is 4.31 Å². The molecule has 0 spiro atoms. The molecular weight excluding hydrogens is 208 g/mol. The van der Waals surface area contributed by atoms with Gasteiger partial charge in [0.25, 0.3) is 0 Å². The van der Waals surface area contributed by atoms with Crippen molar-refractivity contribution in [2.75, 3.05) is 13.1 Å². The average molecular weight is 223 g/mol. The van der Waals surface area contributed by atoms with E-state index >= 15 is 0 Å². The van der Waals surface area contributed by atoms with Crippen molar-refractivity contribution in [1.29, 1.82) is 0 Å². The largest absolute Gasteiger partial charge is 0.760 e. The minimum Gasteiger partial charge on any atom is -0.760 e. The van der Waals surface area contributed by atoms with Crippen molar-refractivity contribution in [2.45, 2.75) is 25.8 Å². The summed E-state index contributed by atoms with van der Waals surface area (Å²) in [5, 5.41) is 8.47. The fourth-order valence-corrected chi connectivity index (χ4v) is 1.50. The number of carboxylic acids is 1. The van der Waals surface area contributed by atoms with Crippen LogP contribution in [0, 0.1) is 0 Å². The molecule has 7 heteroatoms. The van der Waals surface area contributed by atoms with E-state index in [4.69, 9.17) is 10.8 Å². The number of aliphatic carboxylic acids is 1. The fourth-order valence-electron chi connectivity index (χ4n) is 0.917. The SMILES string of the molecule is CCCN(CC[C@H](N)C(=O)O)S(=O)[O-]. The van der Waals surface area contributed by atoms with Crippen molar-refractivity contribution in [3.8, 4) is 0 Å². The van der Waals surface area contributed by atoms with E-state index in [1.54, 1.807) is 0 Å². The van der Waals surface area contributed by atoms with Gasteiger partial charge in [-0.2, -0.15) is 0 Å². The average Bonchev–Trinajstić information content (AvgIpc) is 2.10. The lowest BCUT2D eigenvalue weighted by atomic mass is 10.2. The Bertz CT molecular complexity index is 212. The molecule has 0 radical (unpaired) electrons. The number of nitrogens with two attached hydrogens (primary N) is 1. The highest BCUT2D eigenvalue weighted by Crippen LogP contribution is 1.99. The molecule has 84 valence electrons. The third kappa shape index (κ3) is 5.28. The Hall–Kier alpha value is -0.500. The fraction of sp³-hybridized carbons (Fsp3) is 0.857. The summed E-state index contributed by atoms with van der Waals surface area (Å²) in [5.74, 6) is -1.11. The third-order valence-electron chi connectivity index (χ3n) is 1.69. The first-order valence-corrected chi connectivity index (χ1v) is 5.35. The Morgan fingerprint density at radius 2 is 2.21 bits per heavy atom. The number of hydrogen-bond acceptors (Lipinski definition) is 4. The molecule has 0 aliphatic carbocycles. The molecule has 6 nitrogen and oxygen atoms in total. The molecule has 0 amide bonds. The van der Waals surface area contributed by atoms with Crippen molar-refractivity contribution in [3.05, 3.63) is 0 Å². The first-order chi connectivity index (χ1) is 6.49. The van der Waals surface area contributed by atoms with Crippen LogP contribution in [-0.4, -0.2) is 43.3 Å². The van der Waals surface area contributed by atoms with Gasteiger partial charge < -0.3 is 15.4 Å². The zero-order chi connectivity index (χ0) is 11.1. The van der Waals surface area contributed by atoms with Crippen LogP contribution in [0.2, 0.25) is 0 Å². The Morgan fingerprint density at radius 1 is 1.64 bits per heavy atom. The predicted molar refractivity (Wildman–Crippen MR) is 51.0 cm³/mol. The summed E-state index contributed by atoms with van der Waals surface area (Å²) in [6.45, 7) is 2.39. The maximum absolute atomic E-state index is 10.6. The third-order valence-corrected chi connectivity index (χ3v) is 2.48. The zero-order valence-corrected chi connectivity index (χ0v) is 8.83. The summed E-state index contributed by atoms with van der Waals surface area (Å²) in [5.41, 5.74) is 5.23. The van der Waals surface area contributed by atoms with Crippen LogP contribution in [0.3, 0.4) is 0 Å². The molecule has 0 fully saturated rings. The van der Waals surface area contributed by atoms with E-state index in [9.17, 15) is 13.6 Å². The number of nitrogens with zero attached hydrogens (tertiary/aromatic N) is 1. The number of carbonyl (C=O) groups is 1. The molecule has 0 rings (SSSR count). The summed E-state index contributed by atoms with van der Waals surface area (Å²) in [6, 6.07) is -1.00. The predicted octanol–water partition coefficient (Wildman–Crippen LogP) is -0.705. The maximum Gasteiger partial charge on any atom is 0.320 e. The zero-order valence-electron chi connectivity index (χ0n) is 8.01. The first-order valence-electron chi connectivity index (χ1n) is 4.31. The normalized spacial score (nSPS) is 15.4. The van der Waals surface area contributed by atoms with E-state index in [2.05, 4.69) is 0 Å². The van der Waals surface area contributed by atoms with Gasteiger partial charge in [0.2, 0.25) is 0 Å². The van der Waals surface area contributed by atoms with E-state index in [0.29, 0.717) is 13.0 Å². The van der Waals surface area contributed by atoms with Crippen LogP contribution in [0.15, 0.2) is 0 Å². The van der Waals surface area contributed by atoms with Gasteiger partial charge in [0.15, 0.2) is 0 Å².